The SMILES string of the molecule is Cc1cccc(CN(C(=O)CN(c2cccc(C(F)(F)F)c2)S(=O)(=O)c2ccccc2)[C@@H](C)C(=O)NC2CCCCC2)c1. The van der Waals surface area contributed by atoms with Gasteiger partial charge in [-0.05, 0) is 62.6 Å². The average Bonchev–Trinajstić information content (AvgIpc) is 2.98. The van der Waals surface area contributed by atoms with Crippen molar-refractivity contribution < 1.29 is 31.2 Å². The first-order valence-corrected chi connectivity index (χ1v) is 15.7. The van der Waals surface area contributed by atoms with Gasteiger partial charge in [0, 0.05) is 12.6 Å². The van der Waals surface area contributed by atoms with E-state index in [0.29, 0.717) is 10.4 Å². The zero-order chi connectivity index (χ0) is 31.2. The molecule has 11 heteroatoms. The van der Waals surface area contributed by atoms with Crippen molar-refractivity contribution in [3.05, 3.63) is 95.6 Å². The van der Waals surface area contributed by atoms with Gasteiger partial charge in [0.25, 0.3) is 10.0 Å². The van der Waals surface area contributed by atoms with E-state index in [1.54, 1.807) is 19.1 Å². The summed E-state index contributed by atoms with van der Waals surface area (Å²) < 4.78 is 69.2. The van der Waals surface area contributed by atoms with Crippen LogP contribution >= 0.6 is 0 Å². The van der Waals surface area contributed by atoms with Crippen molar-refractivity contribution in [3.63, 3.8) is 0 Å². The number of benzene rings is 3. The Hall–Kier alpha value is -3.86. The van der Waals surface area contributed by atoms with Crippen LogP contribution in [0.3, 0.4) is 0 Å². The molecule has 43 heavy (non-hydrogen) atoms. The van der Waals surface area contributed by atoms with Crippen LogP contribution in [0.25, 0.3) is 0 Å². The molecule has 4 rings (SSSR count). The van der Waals surface area contributed by atoms with Crippen LogP contribution in [0, 0.1) is 6.92 Å². The van der Waals surface area contributed by atoms with Gasteiger partial charge in [-0.2, -0.15) is 13.2 Å². The predicted molar refractivity (Wildman–Crippen MR) is 159 cm³/mol. The Morgan fingerprint density at radius 1 is 0.930 bits per heavy atom. The summed E-state index contributed by atoms with van der Waals surface area (Å²) in [5, 5.41) is 3.03. The molecule has 1 atom stereocenters. The third kappa shape index (κ3) is 8.16. The van der Waals surface area contributed by atoms with Gasteiger partial charge in [0.1, 0.15) is 12.6 Å². The van der Waals surface area contributed by atoms with Crippen LogP contribution in [-0.4, -0.2) is 43.8 Å². The zero-order valence-corrected chi connectivity index (χ0v) is 25.0. The number of alkyl halides is 3. The molecule has 3 aromatic carbocycles. The van der Waals surface area contributed by atoms with E-state index in [0.717, 1.165) is 55.4 Å². The molecule has 0 radical (unpaired) electrons. The molecule has 7 nitrogen and oxygen atoms in total. The number of amides is 2. The molecule has 0 aromatic heterocycles. The molecule has 1 fully saturated rings. The maximum absolute atomic E-state index is 14.0. The number of halogens is 3. The summed E-state index contributed by atoms with van der Waals surface area (Å²) in [5.74, 6) is -1.10. The van der Waals surface area contributed by atoms with E-state index >= 15 is 0 Å². The molecule has 0 unspecified atom stereocenters. The van der Waals surface area contributed by atoms with E-state index in [1.807, 2.05) is 25.1 Å². The van der Waals surface area contributed by atoms with Crippen molar-refractivity contribution in [2.24, 2.45) is 0 Å². The summed E-state index contributed by atoms with van der Waals surface area (Å²) in [7, 11) is -4.48. The second kappa shape index (κ2) is 13.6. The number of hydrogen-bond donors (Lipinski definition) is 1. The summed E-state index contributed by atoms with van der Waals surface area (Å²) in [5.41, 5.74) is 0.285. The van der Waals surface area contributed by atoms with Crippen molar-refractivity contribution in [1.82, 2.24) is 10.2 Å². The molecule has 1 aliphatic rings. The van der Waals surface area contributed by atoms with Crippen LogP contribution in [0.1, 0.15) is 55.7 Å². The maximum atomic E-state index is 14.0. The fourth-order valence-electron chi connectivity index (χ4n) is 5.24. The smallest absolute Gasteiger partial charge is 0.352 e. The number of sulfonamides is 1. The van der Waals surface area contributed by atoms with Gasteiger partial charge in [-0.1, -0.05) is 73.4 Å². The standard InChI is InChI=1S/C32H36F3N3O4S/c1-23-11-9-12-25(19-23)21-37(24(2)31(40)36-27-14-5-3-6-15-27)30(39)22-38(43(41,42)29-17-7-4-8-18-29)28-16-10-13-26(20-28)32(33,34)35/h4,7-13,16-20,24,27H,3,5-6,14-15,21-22H2,1-2H3,(H,36,40)/t24-/m0/s1. The molecule has 0 heterocycles. The first kappa shape index (κ1) is 32.1. The van der Waals surface area contributed by atoms with Gasteiger partial charge in [-0.25, -0.2) is 8.42 Å². The first-order chi connectivity index (χ1) is 20.4. The Bertz CT molecular complexity index is 1520. The molecule has 1 saturated carbocycles. The highest BCUT2D eigenvalue weighted by molar-refractivity contribution is 7.92. The van der Waals surface area contributed by atoms with Gasteiger partial charge in [0.2, 0.25) is 11.8 Å². The van der Waals surface area contributed by atoms with Crippen molar-refractivity contribution in [2.75, 3.05) is 10.8 Å². The monoisotopic (exact) mass is 615 g/mol. The largest absolute Gasteiger partial charge is 0.416 e. The minimum atomic E-state index is -4.73. The lowest BCUT2D eigenvalue weighted by Gasteiger charge is -2.33. The van der Waals surface area contributed by atoms with E-state index in [2.05, 4.69) is 5.32 Å². The molecular formula is C32H36F3N3O4S. The topological polar surface area (TPSA) is 86.8 Å². The molecule has 1 N–H and O–H groups in total. The van der Waals surface area contributed by atoms with Gasteiger partial charge >= 0.3 is 6.18 Å². The van der Waals surface area contributed by atoms with Crippen molar-refractivity contribution >= 4 is 27.5 Å². The molecular weight excluding hydrogens is 579 g/mol. The van der Waals surface area contributed by atoms with Gasteiger partial charge in [-0.3, -0.25) is 13.9 Å². The third-order valence-corrected chi connectivity index (χ3v) is 9.41. The van der Waals surface area contributed by atoms with Crippen LogP contribution in [0.15, 0.2) is 83.8 Å². The van der Waals surface area contributed by atoms with E-state index in [9.17, 15) is 31.2 Å². The number of nitrogens with one attached hydrogen (secondary N) is 1. The van der Waals surface area contributed by atoms with E-state index in [4.69, 9.17) is 0 Å². The zero-order valence-electron chi connectivity index (χ0n) is 24.2. The number of hydrogen-bond acceptors (Lipinski definition) is 4. The van der Waals surface area contributed by atoms with E-state index < -0.39 is 40.3 Å². The molecule has 0 spiro atoms. The van der Waals surface area contributed by atoms with Crippen LogP contribution in [0.4, 0.5) is 18.9 Å². The molecule has 3 aromatic rings. The number of nitrogens with zero attached hydrogens (tertiary/aromatic N) is 2. The molecule has 230 valence electrons. The Morgan fingerprint density at radius 2 is 1.60 bits per heavy atom. The fourth-order valence-corrected chi connectivity index (χ4v) is 6.67. The summed E-state index contributed by atoms with van der Waals surface area (Å²) in [4.78, 5) is 28.5. The fraction of sp³-hybridized carbons (Fsp3) is 0.375. The first-order valence-electron chi connectivity index (χ1n) is 14.3. The summed E-state index contributed by atoms with van der Waals surface area (Å²) in [6.45, 7) is 2.65. The minimum absolute atomic E-state index is 0.00157. The quantitative estimate of drug-likeness (QED) is 0.300. The van der Waals surface area contributed by atoms with E-state index in [1.165, 1.54) is 35.2 Å². The molecule has 0 bridgehead atoms. The molecule has 2 amide bonds. The van der Waals surface area contributed by atoms with E-state index in [-0.39, 0.29) is 29.1 Å². The average molecular weight is 616 g/mol. The van der Waals surface area contributed by atoms with Gasteiger partial charge in [0.15, 0.2) is 0 Å². The highest BCUT2D eigenvalue weighted by Gasteiger charge is 2.35. The number of aryl methyl sites for hydroxylation is 1. The summed E-state index contributed by atoms with van der Waals surface area (Å²) >= 11 is 0. The summed E-state index contributed by atoms with van der Waals surface area (Å²) in [6, 6.07) is 17.4. The normalized spacial score (nSPS) is 15.0. The lowest BCUT2D eigenvalue weighted by atomic mass is 9.95. The highest BCUT2D eigenvalue weighted by atomic mass is 32.2. The van der Waals surface area contributed by atoms with Gasteiger partial charge in [0.05, 0.1) is 16.1 Å². The van der Waals surface area contributed by atoms with Crippen LogP contribution in [0.5, 0.6) is 0 Å². The predicted octanol–water partition coefficient (Wildman–Crippen LogP) is 6.08. The number of rotatable bonds is 10. The Labute approximate surface area is 250 Å². The number of anilines is 1. The van der Waals surface area contributed by atoms with Crippen LogP contribution in [0.2, 0.25) is 0 Å². The van der Waals surface area contributed by atoms with Crippen molar-refractivity contribution in [1.29, 1.82) is 0 Å². The second-order valence-corrected chi connectivity index (χ2v) is 12.8. The Balaban J connectivity index is 1.71. The Kier molecular flexibility index (Phi) is 10.2. The lowest BCUT2D eigenvalue weighted by molar-refractivity contribution is -0.139. The molecule has 1 aliphatic carbocycles. The third-order valence-electron chi connectivity index (χ3n) is 7.63. The van der Waals surface area contributed by atoms with Crippen LogP contribution in [-0.2, 0) is 32.3 Å². The Morgan fingerprint density at radius 3 is 2.26 bits per heavy atom. The highest BCUT2D eigenvalue weighted by Crippen LogP contribution is 2.33. The van der Waals surface area contributed by atoms with Crippen molar-refractivity contribution in [3.8, 4) is 0 Å². The molecule has 0 aliphatic heterocycles. The summed E-state index contributed by atoms with van der Waals surface area (Å²) in [6.07, 6.45) is 0.0290. The number of carbonyl (C=O) groups excluding carboxylic acids is 2. The molecule has 0 saturated heterocycles. The van der Waals surface area contributed by atoms with Crippen molar-refractivity contribution in [2.45, 2.75) is 75.7 Å². The number of carbonyl (C=O) groups is 2. The second-order valence-electron chi connectivity index (χ2n) is 10.9. The maximum Gasteiger partial charge on any atom is 0.416 e. The van der Waals surface area contributed by atoms with Gasteiger partial charge in [-0.15, -0.1) is 0 Å². The lowest BCUT2D eigenvalue weighted by Crippen LogP contribution is -2.53. The van der Waals surface area contributed by atoms with Gasteiger partial charge < -0.3 is 10.2 Å². The van der Waals surface area contributed by atoms with Crippen LogP contribution < -0.4 is 9.62 Å². The minimum Gasteiger partial charge on any atom is -0.352 e.